The van der Waals surface area contributed by atoms with Gasteiger partial charge in [-0.2, -0.15) is 0 Å². The Morgan fingerprint density at radius 1 is 1.21 bits per heavy atom. The molecule has 1 N–H and O–H groups in total. The van der Waals surface area contributed by atoms with Crippen LogP contribution in [-0.4, -0.2) is 46.4 Å². The maximum Gasteiger partial charge on any atom is 0.350 e. The quantitative estimate of drug-likeness (QED) is 0.109. The van der Waals surface area contributed by atoms with Crippen molar-refractivity contribution in [2.24, 2.45) is 0 Å². The number of amides is 1. The lowest BCUT2D eigenvalue weighted by atomic mass is 9.95. The molecular weight excluding hydrogens is 514 g/mol. The van der Waals surface area contributed by atoms with Gasteiger partial charge in [0.25, 0.3) is 11.5 Å². The second kappa shape index (κ2) is 10.8. The molecule has 1 saturated heterocycles. The Balaban J connectivity index is 1.93. The van der Waals surface area contributed by atoms with Crippen LogP contribution in [0.2, 0.25) is 0 Å². The predicted molar refractivity (Wildman–Crippen MR) is 138 cm³/mol. The van der Waals surface area contributed by atoms with Gasteiger partial charge in [-0.15, -0.1) is 0 Å². The fraction of sp³-hybridized carbons (Fsp3) is 0.231. The van der Waals surface area contributed by atoms with Crippen molar-refractivity contribution in [3.63, 3.8) is 0 Å². The molecular formula is C26H23N3O8S. The van der Waals surface area contributed by atoms with Crippen molar-refractivity contribution in [3.05, 3.63) is 85.9 Å². The second-order valence-electron chi connectivity index (χ2n) is 8.30. The first kappa shape index (κ1) is 26.5. The smallest absolute Gasteiger partial charge is 0.350 e. The van der Waals surface area contributed by atoms with Crippen molar-refractivity contribution < 1.29 is 33.9 Å². The number of anilines is 1. The molecule has 196 valence electrons. The number of aliphatic hydroxyl groups is 1. The van der Waals surface area contributed by atoms with E-state index in [-0.39, 0.29) is 38.1 Å². The summed E-state index contributed by atoms with van der Waals surface area (Å²) in [6.45, 7) is 3.93. The van der Waals surface area contributed by atoms with Crippen LogP contribution in [0.4, 0.5) is 10.8 Å². The molecule has 1 atom stereocenters. The first-order valence-corrected chi connectivity index (χ1v) is 12.3. The molecule has 4 rings (SSSR count). The summed E-state index contributed by atoms with van der Waals surface area (Å²) in [4.78, 5) is 55.2. The van der Waals surface area contributed by atoms with Crippen molar-refractivity contribution in [2.45, 2.75) is 26.3 Å². The predicted octanol–water partition coefficient (Wildman–Crippen LogP) is 4.56. The number of ether oxygens (including phenoxy) is 2. The van der Waals surface area contributed by atoms with E-state index >= 15 is 0 Å². The third kappa shape index (κ3) is 4.85. The number of methoxy groups -OCH3 is 1. The van der Waals surface area contributed by atoms with Gasteiger partial charge in [-0.05, 0) is 31.0 Å². The number of rotatable bonds is 8. The molecule has 1 unspecified atom stereocenters. The van der Waals surface area contributed by atoms with Crippen LogP contribution in [0.5, 0.6) is 5.75 Å². The molecule has 0 bridgehead atoms. The van der Waals surface area contributed by atoms with Gasteiger partial charge in [-0.3, -0.25) is 24.6 Å². The number of hydrogen-bond acceptors (Lipinski definition) is 10. The van der Waals surface area contributed by atoms with E-state index in [9.17, 15) is 29.6 Å². The van der Waals surface area contributed by atoms with Crippen LogP contribution in [0.25, 0.3) is 5.76 Å². The van der Waals surface area contributed by atoms with E-state index in [4.69, 9.17) is 9.47 Å². The number of aliphatic hydroxyl groups excluding tert-OH is 1. The van der Waals surface area contributed by atoms with Gasteiger partial charge in [-0.1, -0.05) is 42.5 Å². The van der Waals surface area contributed by atoms with Gasteiger partial charge in [0.05, 0.1) is 35.9 Å². The van der Waals surface area contributed by atoms with Gasteiger partial charge >= 0.3 is 11.9 Å². The number of ketones is 1. The van der Waals surface area contributed by atoms with Gasteiger partial charge in [0.15, 0.2) is 5.13 Å². The minimum Gasteiger partial charge on any atom is -0.507 e. The molecule has 3 aromatic rings. The number of nitrogens with zero attached hydrogens (tertiary/aromatic N) is 3. The third-order valence-electron chi connectivity index (χ3n) is 5.78. The van der Waals surface area contributed by atoms with Gasteiger partial charge in [0, 0.05) is 17.7 Å². The summed E-state index contributed by atoms with van der Waals surface area (Å²) in [5.41, 5.74) is 0.143. The summed E-state index contributed by atoms with van der Waals surface area (Å²) in [6, 6.07) is 10.6. The summed E-state index contributed by atoms with van der Waals surface area (Å²) in [6.07, 6.45) is 0.759. The first-order valence-electron chi connectivity index (χ1n) is 11.5. The summed E-state index contributed by atoms with van der Waals surface area (Å²) >= 11 is 0.834. The van der Waals surface area contributed by atoms with Crippen LogP contribution >= 0.6 is 11.3 Å². The number of hydrogen-bond donors (Lipinski definition) is 1. The highest BCUT2D eigenvalue weighted by molar-refractivity contribution is 7.17. The zero-order valence-electron chi connectivity index (χ0n) is 20.7. The Labute approximate surface area is 221 Å². The van der Waals surface area contributed by atoms with Crippen LogP contribution in [-0.2, 0) is 14.3 Å². The minimum absolute atomic E-state index is 0.000543. The Kier molecular flexibility index (Phi) is 7.53. The van der Waals surface area contributed by atoms with E-state index in [0.29, 0.717) is 12.4 Å². The van der Waals surface area contributed by atoms with Crippen molar-refractivity contribution in [3.8, 4) is 5.75 Å². The van der Waals surface area contributed by atoms with Gasteiger partial charge in [-0.25, -0.2) is 9.78 Å². The van der Waals surface area contributed by atoms with E-state index < -0.39 is 34.4 Å². The minimum atomic E-state index is -1.26. The Morgan fingerprint density at radius 2 is 1.95 bits per heavy atom. The highest BCUT2D eigenvalue weighted by Gasteiger charge is 2.48. The van der Waals surface area contributed by atoms with E-state index in [2.05, 4.69) is 4.98 Å². The maximum absolute atomic E-state index is 13.4. The lowest BCUT2D eigenvalue weighted by Gasteiger charge is -2.23. The summed E-state index contributed by atoms with van der Waals surface area (Å²) < 4.78 is 10.4. The molecule has 0 aliphatic carbocycles. The number of non-ortho nitro benzene ring substituents is 1. The van der Waals surface area contributed by atoms with Crippen LogP contribution < -0.4 is 9.64 Å². The second-order valence-corrected chi connectivity index (χ2v) is 9.28. The lowest BCUT2D eigenvalue weighted by Crippen LogP contribution is -2.29. The highest BCUT2D eigenvalue weighted by atomic mass is 32.1. The molecule has 38 heavy (non-hydrogen) atoms. The number of esters is 1. The fourth-order valence-corrected chi connectivity index (χ4v) is 5.04. The average molecular weight is 538 g/mol. The van der Waals surface area contributed by atoms with Gasteiger partial charge < -0.3 is 14.6 Å². The zero-order valence-corrected chi connectivity index (χ0v) is 21.5. The molecule has 2 heterocycles. The third-order valence-corrected chi connectivity index (χ3v) is 6.92. The summed E-state index contributed by atoms with van der Waals surface area (Å²) in [5.74, 6) is -2.71. The molecule has 2 aromatic carbocycles. The Morgan fingerprint density at radius 3 is 2.63 bits per heavy atom. The van der Waals surface area contributed by atoms with Crippen molar-refractivity contribution in [1.29, 1.82) is 0 Å². The van der Waals surface area contributed by atoms with Crippen molar-refractivity contribution >= 4 is 45.6 Å². The molecule has 1 aromatic heterocycles. The van der Waals surface area contributed by atoms with Gasteiger partial charge in [0.1, 0.15) is 16.4 Å². The fourth-order valence-electron chi connectivity index (χ4n) is 4.03. The maximum atomic E-state index is 13.4. The van der Waals surface area contributed by atoms with Crippen LogP contribution in [0.1, 0.15) is 45.9 Å². The number of nitro groups is 1. The average Bonchev–Trinajstić information content (AvgIpc) is 3.43. The number of Topliss-reactive ketones (excluding diaryl/α,β-unsaturated/α-hetero) is 1. The van der Waals surface area contributed by atoms with E-state index in [1.165, 1.54) is 37.4 Å². The van der Waals surface area contributed by atoms with E-state index in [0.717, 1.165) is 22.7 Å². The zero-order chi connectivity index (χ0) is 27.6. The molecule has 1 aliphatic rings. The molecule has 1 aliphatic heterocycles. The van der Waals surface area contributed by atoms with Crippen LogP contribution in [0.15, 0.2) is 54.1 Å². The number of carbonyl (C=O) groups is 3. The largest absolute Gasteiger partial charge is 0.507 e. The first-order chi connectivity index (χ1) is 18.2. The number of carbonyl (C=O) groups excluding carboxylic acids is 3. The van der Waals surface area contributed by atoms with E-state index in [1.54, 1.807) is 25.1 Å². The molecule has 11 nitrogen and oxygen atoms in total. The highest BCUT2D eigenvalue weighted by Crippen LogP contribution is 2.44. The van der Waals surface area contributed by atoms with Crippen molar-refractivity contribution in [1.82, 2.24) is 4.98 Å². The molecule has 0 saturated carbocycles. The van der Waals surface area contributed by atoms with Crippen LogP contribution in [0, 0.1) is 17.0 Å². The SMILES string of the molecule is CCCOc1cccc(C(O)=C2C(=O)C(=O)N(c3nc(C)c(C(=O)OC)s3)C2c2cccc([N+](=O)[O-])c2)c1. The molecule has 1 fully saturated rings. The van der Waals surface area contributed by atoms with Gasteiger partial charge in [0.2, 0.25) is 0 Å². The normalized spacial score (nSPS) is 16.5. The molecule has 0 spiro atoms. The molecule has 1 amide bonds. The lowest BCUT2D eigenvalue weighted by molar-refractivity contribution is -0.384. The van der Waals surface area contributed by atoms with Crippen molar-refractivity contribution in [2.75, 3.05) is 18.6 Å². The van der Waals surface area contributed by atoms with E-state index in [1.807, 2.05) is 6.92 Å². The standard InChI is InChI=1S/C26H23N3O8S/c1-4-11-37-18-10-6-8-16(13-18)21(30)19-20(15-7-5-9-17(12-15)29(34)35)28(24(32)22(19)31)26-27-14(2)23(38-26)25(33)36-3/h5-10,12-13,20,30H,4,11H2,1-3H3. The molecule has 0 radical (unpaired) electrons. The van der Waals surface area contributed by atoms with Crippen LogP contribution in [0.3, 0.4) is 0 Å². The number of thiazole rings is 1. The summed E-state index contributed by atoms with van der Waals surface area (Å²) in [7, 11) is 1.20. The number of aryl methyl sites for hydroxylation is 1. The summed E-state index contributed by atoms with van der Waals surface area (Å²) in [5, 5.41) is 22.8. The Bertz CT molecular complexity index is 1480. The monoisotopic (exact) mass is 537 g/mol. The Hall–Kier alpha value is -4.58. The number of aromatic nitrogens is 1. The number of benzene rings is 2. The molecule has 12 heteroatoms. The topological polar surface area (TPSA) is 149 Å². The number of nitro benzene ring substituents is 1.